The van der Waals surface area contributed by atoms with E-state index in [1.165, 1.54) is 4.68 Å². The third-order valence-corrected chi connectivity index (χ3v) is 4.88. The molecule has 4 heterocycles. The van der Waals surface area contributed by atoms with Gasteiger partial charge in [0.15, 0.2) is 17.0 Å². The van der Waals surface area contributed by atoms with E-state index in [1.807, 2.05) is 6.92 Å². The van der Waals surface area contributed by atoms with Gasteiger partial charge < -0.3 is 4.90 Å². The van der Waals surface area contributed by atoms with Gasteiger partial charge in [0.2, 0.25) is 0 Å². The van der Waals surface area contributed by atoms with Crippen molar-refractivity contribution in [2.75, 3.05) is 18.0 Å². The average Bonchev–Trinajstić information content (AvgIpc) is 3.30. The number of hydrogen-bond donors (Lipinski definition) is 0. The van der Waals surface area contributed by atoms with Crippen LogP contribution in [0.1, 0.15) is 31.3 Å². The maximum absolute atomic E-state index is 13.8. The Hall–Kier alpha value is -2.86. The fourth-order valence-electron chi connectivity index (χ4n) is 3.18. The first-order valence-electron chi connectivity index (χ1n) is 9.16. The lowest BCUT2D eigenvalue weighted by Crippen LogP contribution is -2.38. The van der Waals surface area contributed by atoms with Gasteiger partial charge >= 0.3 is 11.8 Å². The fourth-order valence-corrected chi connectivity index (χ4v) is 3.18. The van der Waals surface area contributed by atoms with Crippen LogP contribution in [-0.2, 0) is 20.0 Å². The number of aryl methyl sites for hydroxylation is 2. The molecule has 3 aromatic rings. The summed E-state index contributed by atoms with van der Waals surface area (Å²) in [6.45, 7) is -0.0616. The monoisotopic (exact) mass is 413 g/mol. The largest absolute Gasteiger partial charge is 0.342 e. The molecule has 4 rings (SSSR count). The van der Waals surface area contributed by atoms with Gasteiger partial charge in [0.25, 0.3) is 0 Å². The molecule has 0 bridgehead atoms. The van der Waals surface area contributed by atoms with Gasteiger partial charge in [-0.15, -0.1) is 10.2 Å². The molecule has 0 amide bonds. The van der Waals surface area contributed by atoms with Gasteiger partial charge in [-0.05, 0) is 6.42 Å². The van der Waals surface area contributed by atoms with Gasteiger partial charge in [0.05, 0.1) is 31.5 Å². The van der Waals surface area contributed by atoms with Crippen LogP contribution in [0.25, 0.3) is 11.2 Å². The van der Waals surface area contributed by atoms with E-state index in [0.717, 1.165) is 17.7 Å². The Kier molecular flexibility index (Phi) is 4.62. The molecule has 1 aliphatic heterocycles. The van der Waals surface area contributed by atoms with E-state index in [0.29, 0.717) is 23.6 Å². The van der Waals surface area contributed by atoms with Crippen molar-refractivity contribution in [3.8, 4) is 0 Å². The molecule has 13 heteroatoms. The molecule has 0 N–H and O–H groups in total. The highest BCUT2D eigenvalue weighted by Gasteiger charge is 2.63. The molecule has 1 saturated heterocycles. The molecule has 29 heavy (non-hydrogen) atoms. The van der Waals surface area contributed by atoms with Crippen LogP contribution in [0.4, 0.5) is 23.4 Å². The minimum absolute atomic E-state index is 0.0488. The van der Waals surface area contributed by atoms with E-state index in [1.54, 1.807) is 17.9 Å². The van der Waals surface area contributed by atoms with Gasteiger partial charge in [-0.25, -0.2) is 14.6 Å². The average molecular weight is 413 g/mol. The minimum atomic E-state index is -4.15. The van der Waals surface area contributed by atoms with Gasteiger partial charge in [-0.3, -0.25) is 4.68 Å². The van der Waals surface area contributed by atoms with E-state index in [9.17, 15) is 17.6 Å². The molecule has 0 spiro atoms. The quantitative estimate of drug-likeness (QED) is 0.570. The summed E-state index contributed by atoms with van der Waals surface area (Å²) < 4.78 is 58.1. The van der Waals surface area contributed by atoms with E-state index >= 15 is 0 Å². The first-order valence-corrected chi connectivity index (χ1v) is 9.16. The summed E-state index contributed by atoms with van der Waals surface area (Å²) in [6.07, 6.45) is 3.67. The Labute approximate surface area is 162 Å². The number of aromatic nitrogens is 8. The molecule has 0 atom stereocenters. The summed E-state index contributed by atoms with van der Waals surface area (Å²) in [5, 5.41) is 15.7. The Bertz CT molecular complexity index is 1010. The minimum Gasteiger partial charge on any atom is -0.342 e. The molecule has 0 radical (unpaired) electrons. The van der Waals surface area contributed by atoms with E-state index in [2.05, 4.69) is 30.6 Å². The molecule has 1 aliphatic rings. The number of anilines is 1. The Morgan fingerprint density at radius 3 is 2.41 bits per heavy atom. The van der Waals surface area contributed by atoms with Crippen molar-refractivity contribution in [1.29, 1.82) is 0 Å². The summed E-state index contributed by atoms with van der Waals surface area (Å²) in [5.41, 5.74) is 1.11. The maximum atomic E-state index is 13.8. The highest BCUT2D eigenvalue weighted by Crippen LogP contribution is 2.43. The lowest BCUT2D eigenvalue weighted by atomic mass is 10.2. The van der Waals surface area contributed by atoms with Crippen molar-refractivity contribution in [3.63, 3.8) is 0 Å². The van der Waals surface area contributed by atoms with Crippen LogP contribution in [-0.4, -0.2) is 64.9 Å². The fraction of sp³-hybridized carbons (Fsp3) is 0.625. The normalized spacial score (nSPS) is 18.1. The first-order chi connectivity index (χ1) is 13.7. The van der Waals surface area contributed by atoms with Gasteiger partial charge in [0.1, 0.15) is 5.82 Å². The standard InChI is InChI=1S/C16H19F4N9/c1-3-4-5-11-22-13(28-8-15(17,18)16(19,20)9-28)12-14(23-11)29(26-24-12)7-10-6-21-25-27(10)2/h6H,3-5,7-9H2,1-2H3. The molecular weight excluding hydrogens is 394 g/mol. The third-order valence-electron chi connectivity index (χ3n) is 4.88. The maximum Gasteiger partial charge on any atom is 0.329 e. The van der Waals surface area contributed by atoms with Crippen LogP contribution in [0.2, 0.25) is 0 Å². The Morgan fingerprint density at radius 2 is 1.79 bits per heavy atom. The van der Waals surface area contributed by atoms with Crippen LogP contribution < -0.4 is 4.90 Å². The van der Waals surface area contributed by atoms with Gasteiger partial charge in [-0.1, -0.05) is 23.8 Å². The lowest BCUT2D eigenvalue weighted by molar-refractivity contribution is -0.172. The van der Waals surface area contributed by atoms with Crippen molar-refractivity contribution in [1.82, 2.24) is 40.0 Å². The van der Waals surface area contributed by atoms with Crippen molar-refractivity contribution < 1.29 is 17.6 Å². The van der Waals surface area contributed by atoms with Crippen molar-refractivity contribution in [3.05, 3.63) is 17.7 Å². The number of halogens is 4. The van der Waals surface area contributed by atoms with E-state index in [4.69, 9.17) is 0 Å². The smallest absolute Gasteiger partial charge is 0.329 e. The SMILES string of the molecule is CCCCc1nc(N2CC(F)(F)C(F)(F)C2)c2nnn(Cc3cnnn3C)c2n1. The number of nitrogens with zero attached hydrogens (tertiary/aromatic N) is 9. The van der Waals surface area contributed by atoms with Gasteiger partial charge in [-0.2, -0.15) is 17.6 Å². The van der Waals surface area contributed by atoms with Crippen LogP contribution in [0, 0.1) is 0 Å². The first kappa shape index (κ1) is 19.5. The summed E-state index contributed by atoms with van der Waals surface area (Å²) in [5.74, 6) is -7.97. The molecule has 0 aliphatic carbocycles. The van der Waals surface area contributed by atoms with Crippen molar-refractivity contribution in [2.45, 2.75) is 44.6 Å². The van der Waals surface area contributed by atoms with Crippen molar-refractivity contribution >= 4 is 17.0 Å². The molecule has 0 unspecified atom stereocenters. The Balaban J connectivity index is 1.78. The zero-order valence-electron chi connectivity index (χ0n) is 15.9. The zero-order valence-corrected chi connectivity index (χ0v) is 15.9. The van der Waals surface area contributed by atoms with Crippen LogP contribution in [0.3, 0.4) is 0 Å². The molecule has 156 valence electrons. The highest BCUT2D eigenvalue weighted by molar-refractivity contribution is 5.83. The number of rotatable bonds is 6. The van der Waals surface area contributed by atoms with E-state index < -0.39 is 24.9 Å². The summed E-state index contributed by atoms with van der Waals surface area (Å²) in [4.78, 5) is 9.61. The third kappa shape index (κ3) is 3.38. The summed E-state index contributed by atoms with van der Waals surface area (Å²) in [6, 6.07) is 0. The summed E-state index contributed by atoms with van der Waals surface area (Å²) >= 11 is 0. The molecule has 9 nitrogen and oxygen atoms in total. The second-order valence-corrected chi connectivity index (χ2v) is 7.10. The summed E-state index contributed by atoms with van der Waals surface area (Å²) in [7, 11) is 1.71. The molecule has 0 aromatic carbocycles. The van der Waals surface area contributed by atoms with Crippen molar-refractivity contribution in [2.24, 2.45) is 7.05 Å². The number of hydrogen-bond acceptors (Lipinski definition) is 7. The van der Waals surface area contributed by atoms with Crippen LogP contribution in [0.15, 0.2) is 6.20 Å². The predicted molar refractivity (Wildman–Crippen MR) is 93.9 cm³/mol. The van der Waals surface area contributed by atoms with E-state index in [-0.39, 0.29) is 17.9 Å². The highest BCUT2D eigenvalue weighted by atomic mass is 19.3. The molecule has 3 aromatic heterocycles. The molecule has 1 fully saturated rings. The van der Waals surface area contributed by atoms with Gasteiger partial charge in [0, 0.05) is 13.5 Å². The Morgan fingerprint density at radius 1 is 1.07 bits per heavy atom. The zero-order chi connectivity index (χ0) is 20.8. The second kappa shape index (κ2) is 6.88. The predicted octanol–water partition coefficient (Wildman–Crippen LogP) is 1.83. The number of fused-ring (bicyclic) bond motifs is 1. The lowest BCUT2D eigenvalue weighted by Gasteiger charge is -2.17. The second-order valence-electron chi connectivity index (χ2n) is 7.10. The molecule has 0 saturated carbocycles. The topological polar surface area (TPSA) is 90.4 Å². The number of alkyl halides is 4. The van der Waals surface area contributed by atoms with Crippen LogP contribution >= 0.6 is 0 Å². The van der Waals surface area contributed by atoms with Crippen LogP contribution in [0.5, 0.6) is 0 Å². The molecular formula is C16H19F4N9. The number of unbranched alkanes of at least 4 members (excludes halogenated alkanes) is 1.